The molecule has 1 N–H and O–H groups in total. The maximum atomic E-state index is 14.3. The van der Waals surface area contributed by atoms with E-state index in [0.717, 1.165) is 12.8 Å². The summed E-state index contributed by atoms with van der Waals surface area (Å²) in [7, 11) is 1.62. The highest BCUT2D eigenvalue weighted by Crippen LogP contribution is 2.28. The number of aliphatic carboxylic acids is 1. The van der Waals surface area contributed by atoms with E-state index < -0.39 is 17.8 Å². The molecular weight excluding hydrogens is 301 g/mol. The van der Waals surface area contributed by atoms with Gasteiger partial charge in [0.15, 0.2) is 0 Å². The minimum absolute atomic E-state index is 0.109. The number of piperidine rings is 1. The fourth-order valence-corrected chi connectivity index (χ4v) is 2.97. The summed E-state index contributed by atoms with van der Waals surface area (Å²) in [4.78, 5) is 13.5. The van der Waals surface area contributed by atoms with E-state index in [1.54, 1.807) is 32.2 Å². The number of rotatable bonds is 7. The summed E-state index contributed by atoms with van der Waals surface area (Å²) >= 11 is 0. The van der Waals surface area contributed by atoms with Crippen LogP contribution in [-0.4, -0.2) is 55.5 Å². The Labute approximate surface area is 136 Å². The van der Waals surface area contributed by atoms with Gasteiger partial charge in [0.1, 0.15) is 11.9 Å². The second kappa shape index (κ2) is 8.38. The van der Waals surface area contributed by atoms with Crippen LogP contribution in [-0.2, 0) is 14.3 Å². The van der Waals surface area contributed by atoms with Crippen molar-refractivity contribution in [3.63, 3.8) is 0 Å². The third-order valence-electron chi connectivity index (χ3n) is 4.23. The largest absolute Gasteiger partial charge is 0.480 e. The number of carbonyl (C=O) groups is 1. The number of carboxylic acid groups (broad SMARTS) is 1. The molecule has 0 amide bonds. The van der Waals surface area contributed by atoms with Crippen LogP contribution in [0, 0.1) is 12.7 Å². The van der Waals surface area contributed by atoms with Crippen molar-refractivity contribution in [3.05, 3.63) is 35.1 Å². The Balaban J connectivity index is 2.03. The van der Waals surface area contributed by atoms with Gasteiger partial charge >= 0.3 is 5.97 Å². The topological polar surface area (TPSA) is 59.0 Å². The van der Waals surface area contributed by atoms with Gasteiger partial charge in [-0.1, -0.05) is 18.2 Å². The van der Waals surface area contributed by atoms with Crippen LogP contribution in [0.15, 0.2) is 18.2 Å². The lowest BCUT2D eigenvalue weighted by molar-refractivity contribution is -0.145. The summed E-state index contributed by atoms with van der Waals surface area (Å²) in [5.74, 6) is -1.45. The van der Waals surface area contributed by atoms with Crippen LogP contribution in [0.3, 0.4) is 0 Å². The van der Waals surface area contributed by atoms with E-state index in [9.17, 15) is 14.3 Å². The van der Waals surface area contributed by atoms with Gasteiger partial charge in [0, 0.05) is 25.8 Å². The quantitative estimate of drug-likeness (QED) is 0.780. The van der Waals surface area contributed by atoms with E-state index in [0.29, 0.717) is 31.9 Å². The summed E-state index contributed by atoms with van der Waals surface area (Å²) in [5, 5.41) is 9.58. The van der Waals surface area contributed by atoms with Crippen LogP contribution < -0.4 is 0 Å². The molecular formula is C17H24FNO4. The Hall–Kier alpha value is -1.50. The lowest BCUT2D eigenvalue weighted by atomic mass is 9.98. The standard InChI is InChI=1S/C17H24FNO4/c1-12-4-3-5-14(15(12)18)16(17(20)21)19-8-6-13(7-9-19)23-11-10-22-2/h3-5,13,16H,6-11H2,1-2H3,(H,20,21). The van der Waals surface area contributed by atoms with Crippen molar-refractivity contribution in [3.8, 4) is 0 Å². The highest BCUT2D eigenvalue weighted by Gasteiger charge is 2.33. The highest BCUT2D eigenvalue weighted by molar-refractivity contribution is 5.75. The highest BCUT2D eigenvalue weighted by atomic mass is 19.1. The van der Waals surface area contributed by atoms with E-state index in [-0.39, 0.29) is 11.7 Å². The van der Waals surface area contributed by atoms with Crippen LogP contribution in [0.4, 0.5) is 4.39 Å². The smallest absolute Gasteiger partial charge is 0.325 e. The molecule has 0 radical (unpaired) electrons. The Kier molecular flexibility index (Phi) is 6.50. The average Bonchev–Trinajstić information content (AvgIpc) is 2.53. The summed E-state index contributed by atoms with van der Waals surface area (Å²) in [6.07, 6.45) is 1.58. The molecule has 2 rings (SSSR count). The van der Waals surface area contributed by atoms with E-state index in [4.69, 9.17) is 9.47 Å². The number of halogens is 1. The van der Waals surface area contributed by atoms with Gasteiger partial charge < -0.3 is 14.6 Å². The zero-order valence-electron chi connectivity index (χ0n) is 13.6. The molecule has 1 unspecified atom stereocenters. The Bertz CT molecular complexity index is 529. The maximum absolute atomic E-state index is 14.3. The normalized spacial score (nSPS) is 18.0. The number of nitrogens with zero attached hydrogens (tertiary/aromatic N) is 1. The van der Waals surface area contributed by atoms with Gasteiger partial charge in [-0.05, 0) is 25.3 Å². The van der Waals surface area contributed by atoms with Crippen molar-refractivity contribution in [2.75, 3.05) is 33.4 Å². The SMILES string of the molecule is COCCOC1CCN(C(C(=O)O)c2cccc(C)c2F)CC1. The van der Waals surface area contributed by atoms with Gasteiger partial charge in [-0.2, -0.15) is 0 Å². The van der Waals surface area contributed by atoms with Crippen molar-refractivity contribution in [1.82, 2.24) is 4.90 Å². The Morgan fingerprint density at radius 2 is 2.09 bits per heavy atom. The van der Waals surface area contributed by atoms with Gasteiger partial charge in [0.25, 0.3) is 0 Å². The van der Waals surface area contributed by atoms with Crippen LogP contribution in [0.2, 0.25) is 0 Å². The second-order valence-corrected chi connectivity index (χ2v) is 5.82. The molecule has 128 valence electrons. The molecule has 0 spiro atoms. The minimum atomic E-state index is -1.02. The molecule has 1 aromatic rings. The second-order valence-electron chi connectivity index (χ2n) is 5.82. The van der Waals surface area contributed by atoms with Gasteiger partial charge in [0.2, 0.25) is 0 Å². The zero-order chi connectivity index (χ0) is 16.8. The Morgan fingerprint density at radius 3 is 2.70 bits per heavy atom. The van der Waals surface area contributed by atoms with Gasteiger partial charge in [0.05, 0.1) is 19.3 Å². The van der Waals surface area contributed by atoms with Crippen molar-refractivity contribution < 1.29 is 23.8 Å². The van der Waals surface area contributed by atoms with E-state index in [1.807, 2.05) is 4.90 Å². The molecule has 1 aliphatic rings. The van der Waals surface area contributed by atoms with Crippen LogP contribution in [0.25, 0.3) is 0 Å². The fourth-order valence-electron chi connectivity index (χ4n) is 2.97. The van der Waals surface area contributed by atoms with Gasteiger partial charge in [-0.25, -0.2) is 4.39 Å². The zero-order valence-corrected chi connectivity index (χ0v) is 13.6. The molecule has 0 bridgehead atoms. The summed E-state index contributed by atoms with van der Waals surface area (Å²) in [6.45, 7) is 3.88. The van der Waals surface area contributed by atoms with E-state index >= 15 is 0 Å². The monoisotopic (exact) mass is 325 g/mol. The third kappa shape index (κ3) is 4.50. The molecule has 1 aromatic carbocycles. The number of benzene rings is 1. The third-order valence-corrected chi connectivity index (χ3v) is 4.23. The van der Waals surface area contributed by atoms with Crippen LogP contribution in [0.5, 0.6) is 0 Å². The number of hydrogen-bond donors (Lipinski definition) is 1. The Morgan fingerprint density at radius 1 is 1.39 bits per heavy atom. The fraction of sp³-hybridized carbons (Fsp3) is 0.588. The predicted octanol–water partition coefficient (Wildman–Crippen LogP) is 2.39. The number of carboxylic acids is 1. The molecule has 1 atom stereocenters. The maximum Gasteiger partial charge on any atom is 0.325 e. The summed E-state index contributed by atoms with van der Waals surface area (Å²) < 4.78 is 25.0. The molecule has 0 saturated carbocycles. The van der Waals surface area contributed by atoms with Crippen LogP contribution in [0.1, 0.15) is 30.0 Å². The first-order valence-corrected chi connectivity index (χ1v) is 7.87. The number of ether oxygens (including phenoxy) is 2. The molecule has 1 heterocycles. The minimum Gasteiger partial charge on any atom is -0.480 e. The molecule has 1 fully saturated rings. The molecule has 5 nitrogen and oxygen atoms in total. The first kappa shape index (κ1) is 17.8. The molecule has 1 saturated heterocycles. The molecule has 1 aliphatic heterocycles. The van der Waals surface area contributed by atoms with Gasteiger partial charge in [-0.15, -0.1) is 0 Å². The number of likely N-dealkylation sites (tertiary alicyclic amines) is 1. The number of methoxy groups -OCH3 is 1. The summed E-state index contributed by atoms with van der Waals surface area (Å²) in [6, 6.07) is 3.95. The van der Waals surface area contributed by atoms with Crippen molar-refractivity contribution in [2.24, 2.45) is 0 Å². The number of aryl methyl sites for hydroxylation is 1. The molecule has 23 heavy (non-hydrogen) atoms. The molecule has 6 heteroatoms. The van der Waals surface area contributed by atoms with E-state index in [2.05, 4.69) is 0 Å². The van der Waals surface area contributed by atoms with E-state index in [1.165, 1.54) is 0 Å². The van der Waals surface area contributed by atoms with Crippen LogP contribution >= 0.6 is 0 Å². The number of hydrogen-bond acceptors (Lipinski definition) is 4. The lowest BCUT2D eigenvalue weighted by Crippen LogP contribution is -2.42. The predicted molar refractivity (Wildman–Crippen MR) is 83.9 cm³/mol. The average molecular weight is 325 g/mol. The van der Waals surface area contributed by atoms with Crippen molar-refractivity contribution >= 4 is 5.97 Å². The molecule has 0 aromatic heterocycles. The first-order chi connectivity index (χ1) is 11.0. The van der Waals surface area contributed by atoms with Gasteiger partial charge in [-0.3, -0.25) is 9.69 Å². The lowest BCUT2D eigenvalue weighted by Gasteiger charge is -2.35. The summed E-state index contributed by atoms with van der Waals surface area (Å²) in [5.41, 5.74) is 0.697. The van der Waals surface area contributed by atoms with Crippen molar-refractivity contribution in [2.45, 2.75) is 31.9 Å². The first-order valence-electron chi connectivity index (χ1n) is 7.87. The molecule has 0 aliphatic carbocycles. The van der Waals surface area contributed by atoms with Crippen molar-refractivity contribution in [1.29, 1.82) is 0 Å².